The summed E-state index contributed by atoms with van der Waals surface area (Å²) in [4.78, 5) is 2.19. The predicted molar refractivity (Wildman–Crippen MR) is 73.7 cm³/mol. The molecule has 0 spiro atoms. The van der Waals surface area contributed by atoms with Crippen LogP contribution >= 0.6 is 0 Å². The summed E-state index contributed by atoms with van der Waals surface area (Å²) < 4.78 is 11.3. The van der Waals surface area contributed by atoms with Crippen molar-refractivity contribution >= 4 is 0 Å². The van der Waals surface area contributed by atoms with Gasteiger partial charge in [-0.1, -0.05) is 0 Å². The Kier molecular flexibility index (Phi) is 4.76. The maximum Gasteiger partial charge on any atom is 0.152 e. The van der Waals surface area contributed by atoms with Crippen molar-refractivity contribution in [3.8, 4) is 11.5 Å². The van der Waals surface area contributed by atoms with Gasteiger partial charge in [0.25, 0.3) is 0 Å². The highest BCUT2D eigenvalue weighted by atomic mass is 16.5. The average Bonchev–Trinajstić information content (AvgIpc) is 2.98. The van der Waals surface area contributed by atoms with E-state index in [4.69, 9.17) is 9.15 Å². The summed E-state index contributed by atoms with van der Waals surface area (Å²) in [5.41, 5.74) is 0.900. The van der Waals surface area contributed by atoms with E-state index >= 15 is 0 Å². The molecule has 0 radical (unpaired) electrons. The van der Waals surface area contributed by atoms with E-state index in [2.05, 4.69) is 29.1 Å². The van der Waals surface area contributed by atoms with Gasteiger partial charge < -0.3 is 9.15 Å². The van der Waals surface area contributed by atoms with Gasteiger partial charge in [-0.15, -0.1) is 0 Å². The van der Waals surface area contributed by atoms with Gasteiger partial charge in [0.15, 0.2) is 5.76 Å². The van der Waals surface area contributed by atoms with Crippen LogP contribution in [-0.4, -0.2) is 41.4 Å². The number of furan rings is 1. The third-order valence-corrected chi connectivity index (χ3v) is 2.87. The predicted octanol–water partition coefficient (Wildman–Crippen LogP) is 2.53. The number of likely N-dealkylation sites (N-methyl/N-ethyl adjacent to an activating group) is 1. The molecule has 0 aliphatic carbocycles. The molecule has 5 heteroatoms. The summed E-state index contributed by atoms with van der Waals surface area (Å²) in [6.07, 6.45) is 1.95. The number of ether oxygens (including phenoxy) is 1. The normalized spacial score (nSPS) is 13.1. The van der Waals surface area contributed by atoms with Crippen LogP contribution in [0.2, 0.25) is 0 Å². The van der Waals surface area contributed by atoms with Gasteiger partial charge in [0.1, 0.15) is 11.5 Å². The van der Waals surface area contributed by atoms with E-state index in [0.29, 0.717) is 0 Å². The SMILES string of the molecule is CCO[C@@H](C)CN(C)Cc1ccc(-c2ccn[nH]2)o1. The molecule has 104 valence electrons. The molecule has 2 aromatic rings. The van der Waals surface area contributed by atoms with Gasteiger partial charge in [0.2, 0.25) is 0 Å². The molecule has 2 heterocycles. The number of rotatable bonds is 7. The van der Waals surface area contributed by atoms with Crippen LogP contribution in [0, 0.1) is 0 Å². The summed E-state index contributed by atoms with van der Waals surface area (Å²) in [7, 11) is 2.06. The zero-order valence-electron chi connectivity index (χ0n) is 11.7. The molecule has 0 amide bonds. The molecule has 2 aromatic heterocycles. The monoisotopic (exact) mass is 263 g/mol. The summed E-state index contributed by atoms with van der Waals surface area (Å²) in [5, 5.41) is 6.81. The van der Waals surface area contributed by atoms with E-state index in [1.807, 2.05) is 25.1 Å². The van der Waals surface area contributed by atoms with E-state index in [1.54, 1.807) is 6.20 Å². The van der Waals surface area contributed by atoms with Crippen LogP contribution in [0.3, 0.4) is 0 Å². The molecule has 0 aliphatic heterocycles. The molecule has 0 saturated carbocycles. The van der Waals surface area contributed by atoms with Crippen molar-refractivity contribution in [3.05, 3.63) is 30.2 Å². The van der Waals surface area contributed by atoms with Crippen LogP contribution in [0.25, 0.3) is 11.5 Å². The molecule has 0 saturated heterocycles. The highest BCUT2D eigenvalue weighted by molar-refractivity contribution is 5.51. The van der Waals surface area contributed by atoms with Gasteiger partial charge in [-0.05, 0) is 39.1 Å². The third-order valence-electron chi connectivity index (χ3n) is 2.87. The first kappa shape index (κ1) is 13.8. The van der Waals surface area contributed by atoms with Crippen LogP contribution in [0.5, 0.6) is 0 Å². The zero-order valence-corrected chi connectivity index (χ0v) is 11.7. The minimum atomic E-state index is 0.233. The fourth-order valence-electron chi connectivity index (χ4n) is 2.11. The second-order valence-corrected chi connectivity index (χ2v) is 4.70. The van der Waals surface area contributed by atoms with Crippen molar-refractivity contribution in [2.75, 3.05) is 20.2 Å². The van der Waals surface area contributed by atoms with E-state index in [1.165, 1.54) is 0 Å². The summed E-state index contributed by atoms with van der Waals surface area (Å²) in [6, 6.07) is 5.85. The van der Waals surface area contributed by atoms with Crippen LogP contribution in [0.15, 0.2) is 28.8 Å². The molecule has 5 nitrogen and oxygen atoms in total. The number of H-pyrrole nitrogens is 1. The lowest BCUT2D eigenvalue weighted by molar-refractivity contribution is 0.0491. The molecular weight excluding hydrogens is 242 g/mol. The fourth-order valence-corrected chi connectivity index (χ4v) is 2.11. The van der Waals surface area contributed by atoms with Crippen LogP contribution in [-0.2, 0) is 11.3 Å². The largest absolute Gasteiger partial charge is 0.458 e. The minimum Gasteiger partial charge on any atom is -0.458 e. The molecule has 2 rings (SSSR count). The highest BCUT2D eigenvalue weighted by Gasteiger charge is 2.10. The molecule has 0 aliphatic rings. The molecule has 0 fully saturated rings. The van der Waals surface area contributed by atoms with E-state index < -0.39 is 0 Å². The van der Waals surface area contributed by atoms with Crippen molar-refractivity contribution in [1.29, 1.82) is 0 Å². The second-order valence-electron chi connectivity index (χ2n) is 4.70. The first-order valence-corrected chi connectivity index (χ1v) is 6.57. The van der Waals surface area contributed by atoms with Crippen molar-refractivity contribution in [2.45, 2.75) is 26.5 Å². The Morgan fingerprint density at radius 2 is 2.26 bits per heavy atom. The summed E-state index contributed by atoms with van der Waals surface area (Å²) in [6.45, 7) is 6.50. The molecule has 0 aromatic carbocycles. The van der Waals surface area contributed by atoms with Crippen LogP contribution < -0.4 is 0 Å². The fraction of sp³-hybridized carbons (Fsp3) is 0.500. The number of aromatic nitrogens is 2. The smallest absolute Gasteiger partial charge is 0.152 e. The third kappa shape index (κ3) is 3.94. The van der Waals surface area contributed by atoms with E-state index in [0.717, 1.165) is 36.9 Å². The lowest BCUT2D eigenvalue weighted by Gasteiger charge is -2.20. The molecular formula is C14H21N3O2. The van der Waals surface area contributed by atoms with Gasteiger partial charge in [-0.3, -0.25) is 10.00 Å². The molecule has 0 bridgehead atoms. The maximum absolute atomic E-state index is 5.79. The Hall–Kier alpha value is -1.59. The number of hydrogen-bond donors (Lipinski definition) is 1. The number of nitrogens with zero attached hydrogens (tertiary/aromatic N) is 2. The van der Waals surface area contributed by atoms with Crippen LogP contribution in [0.4, 0.5) is 0 Å². The Morgan fingerprint density at radius 3 is 2.95 bits per heavy atom. The van der Waals surface area contributed by atoms with Gasteiger partial charge in [-0.25, -0.2) is 0 Å². The maximum atomic E-state index is 5.79. The Balaban J connectivity index is 1.89. The Bertz CT molecular complexity index is 479. The second kappa shape index (κ2) is 6.54. The topological polar surface area (TPSA) is 54.3 Å². The summed E-state index contributed by atoms with van der Waals surface area (Å²) >= 11 is 0. The van der Waals surface area contributed by atoms with E-state index in [9.17, 15) is 0 Å². The lowest BCUT2D eigenvalue weighted by Crippen LogP contribution is -2.28. The lowest BCUT2D eigenvalue weighted by atomic mass is 10.3. The molecule has 1 atom stereocenters. The number of hydrogen-bond acceptors (Lipinski definition) is 4. The average molecular weight is 263 g/mol. The van der Waals surface area contributed by atoms with Crippen molar-refractivity contribution in [3.63, 3.8) is 0 Å². The minimum absolute atomic E-state index is 0.233. The molecule has 19 heavy (non-hydrogen) atoms. The van der Waals surface area contributed by atoms with Gasteiger partial charge >= 0.3 is 0 Å². The van der Waals surface area contributed by atoms with E-state index in [-0.39, 0.29) is 6.10 Å². The first-order chi connectivity index (χ1) is 9.19. The van der Waals surface area contributed by atoms with Crippen molar-refractivity contribution < 1.29 is 9.15 Å². The molecule has 0 unspecified atom stereocenters. The first-order valence-electron chi connectivity index (χ1n) is 6.57. The Labute approximate surface area is 113 Å². The molecule has 1 N–H and O–H groups in total. The quantitative estimate of drug-likeness (QED) is 0.834. The zero-order chi connectivity index (χ0) is 13.7. The number of nitrogens with one attached hydrogen (secondary N) is 1. The van der Waals surface area contributed by atoms with Crippen molar-refractivity contribution in [1.82, 2.24) is 15.1 Å². The number of aromatic amines is 1. The van der Waals surface area contributed by atoms with Gasteiger partial charge in [0.05, 0.1) is 12.6 Å². The van der Waals surface area contributed by atoms with Crippen molar-refractivity contribution in [2.24, 2.45) is 0 Å². The summed E-state index contributed by atoms with van der Waals surface area (Å²) in [5.74, 6) is 1.76. The van der Waals surface area contributed by atoms with Crippen LogP contribution in [0.1, 0.15) is 19.6 Å². The standard InChI is InChI=1S/C14H21N3O2/c1-4-18-11(2)9-17(3)10-12-5-6-14(19-12)13-7-8-15-16-13/h5-8,11H,4,9-10H2,1-3H3,(H,15,16)/t11-/m0/s1. The Morgan fingerprint density at radius 1 is 1.42 bits per heavy atom. The highest BCUT2D eigenvalue weighted by Crippen LogP contribution is 2.20. The van der Waals surface area contributed by atoms with Gasteiger partial charge in [-0.2, -0.15) is 5.10 Å². The van der Waals surface area contributed by atoms with Gasteiger partial charge in [0, 0.05) is 19.3 Å².